The zero-order valence-corrected chi connectivity index (χ0v) is 15.8. The highest BCUT2D eigenvalue weighted by Gasteiger charge is 2.12. The van der Waals surface area contributed by atoms with E-state index in [0.29, 0.717) is 16.7 Å². The summed E-state index contributed by atoms with van der Waals surface area (Å²) < 4.78 is 20.5. The lowest BCUT2D eigenvalue weighted by molar-refractivity contribution is -0.113. The number of nitrogens with zero attached hydrogens (tertiary/aromatic N) is 3. The van der Waals surface area contributed by atoms with E-state index in [9.17, 15) is 9.18 Å². The molecule has 0 fully saturated rings. The number of aryl methyl sites for hydroxylation is 1. The second-order valence-electron chi connectivity index (χ2n) is 5.86. The number of amides is 1. The van der Waals surface area contributed by atoms with Gasteiger partial charge in [-0.1, -0.05) is 30.0 Å². The monoisotopic (exact) mass is 386 g/mol. The summed E-state index contributed by atoms with van der Waals surface area (Å²) in [5.74, 6) is 1.09. The molecule has 2 aromatic carbocycles. The van der Waals surface area contributed by atoms with Gasteiger partial charge in [-0.05, 0) is 42.8 Å². The number of benzene rings is 2. The zero-order chi connectivity index (χ0) is 19.2. The molecule has 0 unspecified atom stereocenters. The topological polar surface area (TPSA) is 69.0 Å². The van der Waals surface area contributed by atoms with E-state index in [0.717, 1.165) is 11.3 Å². The SMILES string of the molecule is Cc1ccccc1OCc1nnc(SCC(=O)Nc2ccc(F)cc2)n1C. The largest absolute Gasteiger partial charge is 0.485 e. The molecule has 0 radical (unpaired) electrons. The lowest BCUT2D eigenvalue weighted by Crippen LogP contribution is -2.14. The minimum absolute atomic E-state index is 0.169. The van der Waals surface area contributed by atoms with E-state index in [2.05, 4.69) is 15.5 Å². The first kappa shape index (κ1) is 18.9. The van der Waals surface area contributed by atoms with Crippen LogP contribution in [0.25, 0.3) is 0 Å². The molecule has 0 atom stereocenters. The third-order valence-electron chi connectivity index (χ3n) is 3.84. The summed E-state index contributed by atoms with van der Waals surface area (Å²) in [6.45, 7) is 2.27. The Labute approximate surface area is 160 Å². The van der Waals surface area contributed by atoms with Gasteiger partial charge in [0.1, 0.15) is 18.2 Å². The Hall–Kier alpha value is -2.87. The molecule has 1 aromatic heterocycles. The standard InChI is InChI=1S/C19H19FN4O2S/c1-13-5-3-4-6-16(13)26-11-17-22-23-19(24(17)2)27-12-18(25)21-15-9-7-14(20)8-10-15/h3-10H,11-12H2,1-2H3,(H,21,25). The number of nitrogens with one attached hydrogen (secondary N) is 1. The summed E-state index contributed by atoms with van der Waals surface area (Å²) in [6.07, 6.45) is 0. The van der Waals surface area contributed by atoms with Crippen molar-refractivity contribution in [1.82, 2.24) is 14.8 Å². The van der Waals surface area contributed by atoms with Crippen molar-refractivity contribution in [2.75, 3.05) is 11.1 Å². The number of para-hydroxylation sites is 1. The number of rotatable bonds is 7. The summed E-state index contributed by atoms with van der Waals surface area (Å²) in [4.78, 5) is 12.0. The molecular formula is C19H19FN4O2S. The van der Waals surface area contributed by atoms with Crippen LogP contribution < -0.4 is 10.1 Å². The van der Waals surface area contributed by atoms with E-state index in [1.807, 2.05) is 38.2 Å². The summed E-state index contributed by atoms with van der Waals surface area (Å²) in [6, 6.07) is 13.4. The predicted octanol–water partition coefficient (Wildman–Crippen LogP) is 3.57. The van der Waals surface area contributed by atoms with Crippen LogP contribution in [0.4, 0.5) is 10.1 Å². The number of aromatic nitrogens is 3. The molecule has 0 bridgehead atoms. The van der Waals surface area contributed by atoms with Crippen LogP contribution in [-0.2, 0) is 18.4 Å². The molecule has 0 spiro atoms. The van der Waals surface area contributed by atoms with Crippen LogP contribution in [0.3, 0.4) is 0 Å². The normalized spacial score (nSPS) is 10.6. The van der Waals surface area contributed by atoms with Crippen LogP contribution in [0.15, 0.2) is 53.7 Å². The molecular weight excluding hydrogens is 367 g/mol. The van der Waals surface area contributed by atoms with Crippen molar-refractivity contribution in [2.24, 2.45) is 7.05 Å². The smallest absolute Gasteiger partial charge is 0.234 e. The van der Waals surface area contributed by atoms with E-state index in [1.165, 1.54) is 36.0 Å². The highest BCUT2D eigenvalue weighted by Crippen LogP contribution is 2.20. The van der Waals surface area contributed by atoms with E-state index < -0.39 is 0 Å². The van der Waals surface area contributed by atoms with Crippen molar-refractivity contribution >= 4 is 23.4 Å². The Morgan fingerprint density at radius 1 is 1.19 bits per heavy atom. The second-order valence-corrected chi connectivity index (χ2v) is 6.80. The average Bonchev–Trinajstić information content (AvgIpc) is 3.01. The summed E-state index contributed by atoms with van der Waals surface area (Å²) in [5.41, 5.74) is 1.60. The maximum Gasteiger partial charge on any atom is 0.234 e. The Balaban J connectivity index is 1.53. The second kappa shape index (κ2) is 8.68. The molecule has 1 heterocycles. The molecule has 27 heavy (non-hydrogen) atoms. The predicted molar refractivity (Wildman–Crippen MR) is 102 cm³/mol. The molecule has 0 aliphatic heterocycles. The Kier molecular flexibility index (Phi) is 6.08. The highest BCUT2D eigenvalue weighted by molar-refractivity contribution is 7.99. The first-order valence-corrected chi connectivity index (χ1v) is 9.26. The zero-order valence-electron chi connectivity index (χ0n) is 15.0. The van der Waals surface area contributed by atoms with E-state index in [4.69, 9.17) is 4.74 Å². The quantitative estimate of drug-likeness (QED) is 0.629. The van der Waals surface area contributed by atoms with Gasteiger partial charge in [0, 0.05) is 12.7 Å². The van der Waals surface area contributed by atoms with Gasteiger partial charge in [0.2, 0.25) is 5.91 Å². The van der Waals surface area contributed by atoms with Gasteiger partial charge in [-0.15, -0.1) is 10.2 Å². The molecule has 0 saturated heterocycles. The first-order valence-electron chi connectivity index (χ1n) is 8.28. The molecule has 0 aliphatic rings. The fourth-order valence-electron chi connectivity index (χ4n) is 2.32. The molecule has 6 nitrogen and oxygen atoms in total. The van der Waals surface area contributed by atoms with Gasteiger partial charge in [-0.25, -0.2) is 4.39 Å². The van der Waals surface area contributed by atoms with Crippen molar-refractivity contribution in [3.05, 3.63) is 65.7 Å². The number of carbonyl (C=O) groups is 1. The highest BCUT2D eigenvalue weighted by atomic mass is 32.2. The van der Waals surface area contributed by atoms with Crippen LogP contribution in [0.5, 0.6) is 5.75 Å². The minimum atomic E-state index is -0.345. The number of hydrogen-bond donors (Lipinski definition) is 1. The molecule has 3 aromatic rings. The molecule has 1 N–H and O–H groups in total. The third kappa shape index (κ3) is 5.07. The van der Waals surface area contributed by atoms with Gasteiger partial charge in [-0.2, -0.15) is 0 Å². The third-order valence-corrected chi connectivity index (χ3v) is 4.86. The van der Waals surface area contributed by atoms with Crippen molar-refractivity contribution < 1.29 is 13.9 Å². The Morgan fingerprint density at radius 2 is 1.93 bits per heavy atom. The lowest BCUT2D eigenvalue weighted by atomic mass is 10.2. The van der Waals surface area contributed by atoms with Gasteiger partial charge in [-0.3, -0.25) is 4.79 Å². The summed E-state index contributed by atoms with van der Waals surface area (Å²) in [5, 5.41) is 11.6. The number of ether oxygens (including phenoxy) is 1. The summed E-state index contributed by atoms with van der Waals surface area (Å²) in [7, 11) is 1.83. The van der Waals surface area contributed by atoms with Crippen molar-refractivity contribution in [2.45, 2.75) is 18.7 Å². The Morgan fingerprint density at radius 3 is 2.67 bits per heavy atom. The van der Waals surface area contributed by atoms with Crippen LogP contribution in [0.2, 0.25) is 0 Å². The number of anilines is 1. The van der Waals surface area contributed by atoms with E-state index in [-0.39, 0.29) is 24.1 Å². The molecule has 0 saturated carbocycles. The molecule has 0 aliphatic carbocycles. The maximum absolute atomic E-state index is 12.9. The van der Waals surface area contributed by atoms with Gasteiger partial charge >= 0.3 is 0 Å². The first-order chi connectivity index (χ1) is 13.0. The number of hydrogen-bond acceptors (Lipinski definition) is 5. The van der Waals surface area contributed by atoms with Crippen LogP contribution in [0.1, 0.15) is 11.4 Å². The van der Waals surface area contributed by atoms with Crippen molar-refractivity contribution in [3.63, 3.8) is 0 Å². The van der Waals surface area contributed by atoms with Gasteiger partial charge in [0.25, 0.3) is 0 Å². The maximum atomic E-state index is 12.9. The lowest BCUT2D eigenvalue weighted by Gasteiger charge is -2.08. The van der Waals surface area contributed by atoms with E-state index in [1.54, 1.807) is 4.57 Å². The number of carbonyl (C=O) groups excluding carboxylic acids is 1. The minimum Gasteiger partial charge on any atom is -0.485 e. The van der Waals surface area contributed by atoms with Gasteiger partial charge in [0.05, 0.1) is 5.75 Å². The van der Waals surface area contributed by atoms with Crippen LogP contribution >= 0.6 is 11.8 Å². The molecule has 3 rings (SSSR count). The average molecular weight is 386 g/mol. The molecule has 8 heteroatoms. The van der Waals surface area contributed by atoms with Gasteiger partial charge < -0.3 is 14.6 Å². The van der Waals surface area contributed by atoms with Crippen LogP contribution in [0, 0.1) is 12.7 Å². The summed E-state index contributed by atoms with van der Waals surface area (Å²) >= 11 is 1.27. The number of halogens is 1. The van der Waals surface area contributed by atoms with Crippen LogP contribution in [-0.4, -0.2) is 26.4 Å². The van der Waals surface area contributed by atoms with Crippen molar-refractivity contribution in [3.8, 4) is 5.75 Å². The Bertz CT molecular complexity index is 928. The molecule has 140 valence electrons. The fourth-order valence-corrected chi connectivity index (χ4v) is 3.05. The van der Waals surface area contributed by atoms with Crippen molar-refractivity contribution in [1.29, 1.82) is 0 Å². The molecule has 1 amide bonds. The van der Waals surface area contributed by atoms with E-state index >= 15 is 0 Å². The van der Waals surface area contributed by atoms with Gasteiger partial charge in [0.15, 0.2) is 11.0 Å². The number of thioether (sulfide) groups is 1. The fraction of sp³-hybridized carbons (Fsp3) is 0.211.